The van der Waals surface area contributed by atoms with Gasteiger partial charge in [-0.3, -0.25) is 4.79 Å². The average molecular weight is 320 g/mol. The zero-order chi connectivity index (χ0) is 16.8. The van der Waals surface area contributed by atoms with Crippen LogP contribution < -0.4 is 0 Å². The van der Waals surface area contributed by atoms with Gasteiger partial charge in [-0.1, -0.05) is 62.6 Å². The summed E-state index contributed by atoms with van der Waals surface area (Å²) in [6.45, 7) is 2.23. The first-order chi connectivity index (χ1) is 11.2. The number of hydrogen-bond acceptors (Lipinski definition) is 2. The molecule has 1 saturated heterocycles. The number of ether oxygens (including phenoxy) is 1. The lowest BCUT2D eigenvalue weighted by atomic mass is 10.1. The van der Waals surface area contributed by atoms with Gasteiger partial charge in [-0.2, -0.15) is 0 Å². The fraction of sp³-hybridized carbons (Fsp3) is 0.650. The van der Waals surface area contributed by atoms with Gasteiger partial charge in [0.1, 0.15) is 0 Å². The van der Waals surface area contributed by atoms with E-state index in [-0.39, 0.29) is 6.42 Å². The lowest BCUT2D eigenvalue weighted by Crippen LogP contribution is -1.92. The second kappa shape index (κ2) is 13.1. The molecule has 1 rings (SSSR count). The fourth-order valence-electron chi connectivity index (χ4n) is 2.50. The minimum atomic E-state index is -0.714. The maximum atomic E-state index is 10.3. The molecule has 0 aliphatic carbocycles. The number of carboxylic acids is 1. The monoisotopic (exact) mass is 320 g/mol. The number of epoxide rings is 1. The molecule has 0 aromatic rings. The van der Waals surface area contributed by atoms with Gasteiger partial charge in [0.05, 0.1) is 12.2 Å². The summed E-state index contributed by atoms with van der Waals surface area (Å²) in [5.41, 5.74) is 0. The third-order valence-electron chi connectivity index (χ3n) is 3.95. The van der Waals surface area contributed by atoms with Gasteiger partial charge in [0, 0.05) is 6.42 Å². The molecule has 0 unspecified atom stereocenters. The molecule has 3 heteroatoms. The topological polar surface area (TPSA) is 49.8 Å². The van der Waals surface area contributed by atoms with E-state index >= 15 is 0 Å². The van der Waals surface area contributed by atoms with Crippen LogP contribution in [0.2, 0.25) is 0 Å². The molecule has 1 heterocycles. The molecule has 0 bridgehead atoms. The van der Waals surface area contributed by atoms with E-state index in [0.717, 1.165) is 32.1 Å². The lowest BCUT2D eigenvalue weighted by Gasteiger charge is -1.93. The van der Waals surface area contributed by atoms with E-state index in [2.05, 4.69) is 43.4 Å². The molecule has 0 radical (unpaired) electrons. The molecule has 1 aliphatic heterocycles. The molecule has 3 nitrogen and oxygen atoms in total. The summed E-state index contributed by atoms with van der Waals surface area (Å²) in [4.78, 5) is 10.3. The number of carboxylic acid groups (broad SMARTS) is 1. The second-order valence-corrected chi connectivity index (χ2v) is 6.12. The van der Waals surface area contributed by atoms with Gasteiger partial charge in [0.2, 0.25) is 0 Å². The van der Waals surface area contributed by atoms with Gasteiger partial charge >= 0.3 is 5.97 Å². The number of allylic oxidation sites excluding steroid dienone is 5. The normalized spacial score (nSPS) is 20.9. The number of unbranched alkanes of at least 4 members (excludes halogenated alkanes) is 3. The van der Waals surface area contributed by atoms with Crippen molar-refractivity contribution < 1.29 is 14.6 Å². The standard InChI is InChI=1S/C20H32O3/c1-2-3-12-15-18-19(23-18)16-13-10-8-6-4-5-7-9-11-14-17-20(21)22/h4,6-7,9-10,13,18-19H,2-3,5,8,11-12,14-17H2,1H3,(H,21,22)/b6-4-,9-7-,13-10-/t18-,19+/m1/s1. The maximum absolute atomic E-state index is 10.3. The average Bonchev–Trinajstić information content (AvgIpc) is 3.27. The van der Waals surface area contributed by atoms with Gasteiger partial charge in [-0.25, -0.2) is 0 Å². The van der Waals surface area contributed by atoms with Gasteiger partial charge in [-0.05, 0) is 38.5 Å². The number of carbonyl (C=O) groups is 1. The Bertz CT molecular complexity index is 396. The molecule has 2 atom stereocenters. The molecule has 0 aromatic carbocycles. The molecule has 0 spiro atoms. The Balaban J connectivity index is 1.90. The highest BCUT2D eigenvalue weighted by molar-refractivity contribution is 5.66. The van der Waals surface area contributed by atoms with E-state index in [9.17, 15) is 4.79 Å². The van der Waals surface area contributed by atoms with Crippen LogP contribution in [0.15, 0.2) is 36.5 Å². The van der Waals surface area contributed by atoms with Crippen LogP contribution in [0.4, 0.5) is 0 Å². The third-order valence-corrected chi connectivity index (χ3v) is 3.95. The van der Waals surface area contributed by atoms with Crippen LogP contribution in [0.3, 0.4) is 0 Å². The molecule has 23 heavy (non-hydrogen) atoms. The largest absolute Gasteiger partial charge is 0.481 e. The second-order valence-electron chi connectivity index (χ2n) is 6.12. The van der Waals surface area contributed by atoms with Crippen LogP contribution in [-0.2, 0) is 9.53 Å². The first-order valence-electron chi connectivity index (χ1n) is 9.06. The van der Waals surface area contributed by atoms with Crippen LogP contribution >= 0.6 is 0 Å². The fourth-order valence-corrected chi connectivity index (χ4v) is 2.50. The van der Waals surface area contributed by atoms with Crippen molar-refractivity contribution in [1.29, 1.82) is 0 Å². The van der Waals surface area contributed by atoms with Gasteiger partial charge in [0.15, 0.2) is 0 Å². The summed E-state index contributed by atoms with van der Waals surface area (Å²) < 4.78 is 5.66. The number of hydrogen-bond donors (Lipinski definition) is 1. The Hall–Kier alpha value is -1.35. The first-order valence-corrected chi connectivity index (χ1v) is 9.06. The summed E-state index contributed by atoms with van der Waals surface area (Å²) in [5.74, 6) is -0.714. The minimum Gasteiger partial charge on any atom is -0.481 e. The van der Waals surface area contributed by atoms with E-state index in [1.807, 2.05) is 0 Å². The van der Waals surface area contributed by atoms with E-state index in [1.54, 1.807) is 0 Å². The van der Waals surface area contributed by atoms with Crippen molar-refractivity contribution in [3.8, 4) is 0 Å². The Morgan fingerprint density at radius 2 is 1.65 bits per heavy atom. The van der Waals surface area contributed by atoms with Crippen molar-refractivity contribution in [3.05, 3.63) is 36.5 Å². The van der Waals surface area contributed by atoms with E-state index in [1.165, 1.54) is 25.7 Å². The lowest BCUT2D eigenvalue weighted by molar-refractivity contribution is -0.137. The molecule has 0 amide bonds. The number of aliphatic carboxylic acids is 1. The van der Waals surface area contributed by atoms with Crippen molar-refractivity contribution in [2.24, 2.45) is 0 Å². The third kappa shape index (κ3) is 11.8. The summed E-state index contributed by atoms with van der Waals surface area (Å²) in [6.07, 6.45) is 23.8. The highest BCUT2D eigenvalue weighted by Crippen LogP contribution is 2.30. The van der Waals surface area contributed by atoms with Gasteiger partial charge < -0.3 is 9.84 Å². The Labute approximate surface area is 141 Å². The van der Waals surface area contributed by atoms with Crippen LogP contribution in [0.5, 0.6) is 0 Å². The molecule has 1 fully saturated rings. The predicted octanol–water partition coefficient (Wildman–Crippen LogP) is 5.43. The minimum absolute atomic E-state index is 0.259. The summed E-state index contributed by atoms with van der Waals surface area (Å²) in [7, 11) is 0. The molecule has 0 saturated carbocycles. The zero-order valence-electron chi connectivity index (χ0n) is 14.5. The Morgan fingerprint density at radius 3 is 2.35 bits per heavy atom. The van der Waals surface area contributed by atoms with Crippen molar-refractivity contribution in [1.82, 2.24) is 0 Å². The predicted molar refractivity (Wildman–Crippen MR) is 95.6 cm³/mol. The summed E-state index contributed by atoms with van der Waals surface area (Å²) >= 11 is 0. The molecule has 0 aromatic heterocycles. The summed E-state index contributed by atoms with van der Waals surface area (Å²) in [5, 5.41) is 8.51. The smallest absolute Gasteiger partial charge is 0.303 e. The van der Waals surface area contributed by atoms with Gasteiger partial charge in [-0.15, -0.1) is 0 Å². The van der Waals surface area contributed by atoms with Crippen molar-refractivity contribution in [3.63, 3.8) is 0 Å². The van der Waals surface area contributed by atoms with E-state index < -0.39 is 5.97 Å². The van der Waals surface area contributed by atoms with Gasteiger partial charge in [0.25, 0.3) is 0 Å². The van der Waals surface area contributed by atoms with Crippen LogP contribution in [-0.4, -0.2) is 23.3 Å². The van der Waals surface area contributed by atoms with Crippen LogP contribution in [0.1, 0.15) is 71.1 Å². The zero-order valence-corrected chi connectivity index (χ0v) is 14.5. The Kier molecular flexibility index (Phi) is 11.2. The maximum Gasteiger partial charge on any atom is 0.303 e. The molecular formula is C20H32O3. The van der Waals surface area contributed by atoms with Crippen molar-refractivity contribution in [2.75, 3.05) is 0 Å². The molecular weight excluding hydrogens is 288 g/mol. The quantitative estimate of drug-likeness (QED) is 0.264. The molecule has 1 N–H and O–H groups in total. The van der Waals surface area contributed by atoms with Crippen molar-refractivity contribution in [2.45, 2.75) is 83.3 Å². The van der Waals surface area contributed by atoms with E-state index in [0.29, 0.717) is 12.2 Å². The van der Waals surface area contributed by atoms with Crippen molar-refractivity contribution >= 4 is 5.97 Å². The van der Waals surface area contributed by atoms with E-state index in [4.69, 9.17) is 9.84 Å². The van der Waals surface area contributed by atoms with Crippen LogP contribution in [0, 0.1) is 0 Å². The SMILES string of the molecule is CCCCC[C@H]1O[C@H]1C/C=C\C/C=C\C/C=C\CCCC(=O)O. The Morgan fingerprint density at radius 1 is 0.957 bits per heavy atom. The molecule has 130 valence electrons. The highest BCUT2D eigenvalue weighted by atomic mass is 16.6. The van der Waals surface area contributed by atoms with Crippen LogP contribution in [0.25, 0.3) is 0 Å². The first kappa shape index (κ1) is 19.7. The molecule has 1 aliphatic rings. The summed E-state index contributed by atoms with van der Waals surface area (Å²) in [6, 6.07) is 0. The number of rotatable bonds is 14. The highest BCUT2D eigenvalue weighted by Gasteiger charge is 2.36.